The lowest BCUT2D eigenvalue weighted by Gasteiger charge is -2.22. The summed E-state index contributed by atoms with van der Waals surface area (Å²) < 4.78 is 0. The summed E-state index contributed by atoms with van der Waals surface area (Å²) in [5, 5.41) is 3.62. The average molecular weight is 367 g/mol. The molecule has 1 aromatic carbocycles. The largest absolute Gasteiger partial charge is 0.355 e. The van der Waals surface area contributed by atoms with E-state index in [-0.39, 0.29) is 11.6 Å². The van der Waals surface area contributed by atoms with Gasteiger partial charge in [-0.15, -0.1) is 0 Å². The molecule has 1 amide bonds. The summed E-state index contributed by atoms with van der Waals surface area (Å²) in [4.78, 5) is 23.0. The second-order valence-electron chi connectivity index (χ2n) is 5.36. The first-order valence-electron chi connectivity index (χ1n) is 7.88. The summed E-state index contributed by atoms with van der Waals surface area (Å²) in [7, 11) is 0. The highest BCUT2D eigenvalue weighted by molar-refractivity contribution is 6.35. The molecule has 24 heavy (non-hydrogen) atoms. The molecular formula is C17H20Cl2N4O. The Kier molecular flexibility index (Phi) is 6.82. The number of amides is 1. The Balaban J connectivity index is 2.10. The number of carbonyl (C=O) groups excluding carboxylic acids is 1. The number of aromatic nitrogens is 2. The van der Waals surface area contributed by atoms with Crippen molar-refractivity contribution in [1.29, 1.82) is 0 Å². The molecule has 0 aliphatic rings. The van der Waals surface area contributed by atoms with E-state index in [9.17, 15) is 4.79 Å². The number of hydrogen-bond acceptors (Lipinski definition) is 4. The van der Waals surface area contributed by atoms with Crippen molar-refractivity contribution >= 4 is 40.6 Å². The van der Waals surface area contributed by atoms with Crippen LogP contribution in [0.5, 0.6) is 0 Å². The SMILES string of the molecule is CCCN(CCC)c1cnc(C(=O)Nc2cc(Cl)cc(Cl)c2)cn1. The first-order valence-corrected chi connectivity index (χ1v) is 8.63. The predicted molar refractivity (Wildman–Crippen MR) is 99.2 cm³/mol. The van der Waals surface area contributed by atoms with Crippen LogP contribution in [0.15, 0.2) is 30.6 Å². The summed E-state index contributed by atoms with van der Waals surface area (Å²) in [6.45, 7) is 6.06. The third-order valence-corrected chi connectivity index (χ3v) is 3.74. The van der Waals surface area contributed by atoms with Gasteiger partial charge in [-0.3, -0.25) is 4.79 Å². The number of nitrogens with one attached hydrogen (secondary N) is 1. The van der Waals surface area contributed by atoms with Crippen molar-refractivity contribution in [1.82, 2.24) is 9.97 Å². The Hall–Kier alpha value is -1.85. The molecule has 2 rings (SSSR count). The molecule has 0 saturated carbocycles. The van der Waals surface area contributed by atoms with Crippen molar-refractivity contribution in [3.63, 3.8) is 0 Å². The molecule has 1 aromatic heterocycles. The van der Waals surface area contributed by atoms with Crippen LogP contribution in [0.3, 0.4) is 0 Å². The standard InChI is InChI=1S/C17H20Cl2N4O/c1-3-5-23(6-4-2)16-11-20-15(10-21-16)17(24)22-14-8-12(18)7-13(19)9-14/h7-11H,3-6H2,1-2H3,(H,22,24). The highest BCUT2D eigenvalue weighted by atomic mass is 35.5. The minimum atomic E-state index is -0.357. The highest BCUT2D eigenvalue weighted by Gasteiger charge is 2.12. The van der Waals surface area contributed by atoms with E-state index < -0.39 is 0 Å². The zero-order valence-electron chi connectivity index (χ0n) is 13.7. The van der Waals surface area contributed by atoms with Crippen molar-refractivity contribution < 1.29 is 4.79 Å². The van der Waals surface area contributed by atoms with Crippen LogP contribution in [0, 0.1) is 0 Å². The molecule has 0 atom stereocenters. The van der Waals surface area contributed by atoms with E-state index in [0.717, 1.165) is 31.7 Å². The molecule has 0 unspecified atom stereocenters. The quantitative estimate of drug-likeness (QED) is 0.773. The number of rotatable bonds is 7. The van der Waals surface area contributed by atoms with Crippen molar-refractivity contribution in [2.45, 2.75) is 26.7 Å². The van der Waals surface area contributed by atoms with Crippen LogP contribution in [0.2, 0.25) is 10.0 Å². The van der Waals surface area contributed by atoms with E-state index in [4.69, 9.17) is 23.2 Å². The van der Waals surface area contributed by atoms with Crippen LogP contribution in [-0.4, -0.2) is 29.0 Å². The Morgan fingerprint density at radius 3 is 2.17 bits per heavy atom. The first kappa shape index (κ1) is 18.5. The van der Waals surface area contributed by atoms with E-state index >= 15 is 0 Å². The molecule has 7 heteroatoms. The van der Waals surface area contributed by atoms with Crippen LogP contribution in [0.4, 0.5) is 11.5 Å². The van der Waals surface area contributed by atoms with Gasteiger partial charge in [-0.05, 0) is 31.0 Å². The highest BCUT2D eigenvalue weighted by Crippen LogP contribution is 2.22. The van der Waals surface area contributed by atoms with E-state index in [2.05, 4.69) is 34.0 Å². The Bertz CT molecular complexity index is 665. The fourth-order valence-corrected chi connectivity index (χ4v) is 2.83. The molecule has 0 aliphatic heterocycles. The van der Waals surface area contributed by atoms with Gasteiger partial charge in [0.05, 0.1) is 12.4 Å². The number of anilines is 2. The van der Waals surface area contributed by atoms with E-state index in [1.807, 2.05) is 0 Å². The molecule has 0 radical (unpaired) electrons. The summed E-state index contributed by atoms with van der Waals surface area (Å²) in [5.41, 5.74) is 0.754. The van der Waals surface area contributed by atoms with Gasteiger partial charge in [0, 0.05) is 28.8 Å². The van der Waals surface area contributed by atoms with Gasteiger partial charge in [0.2, 0.25) is 0 Å². The number of benzene rings is 1. The van der Waals surface area contributed by atoms with Gasteiger partial charge in [0.25, 0.3) is 5.91 Å². The van der Waals surface area contributed by atoms with Gasteiger partial charge in [-0.1, -0.05) is 37.0 Å². The second kappa shape index (κ2) is 8.85. The monoisotopic (exact) mass is 366 g/mol. The Labute approximate surface area is 152 Å². The fraction of sp³-hybridized carbons (Fsp3) is 0.353. The van der Waals surface area contributed by atoms with Crippen LogP contribution < -0.4 is 10.2 Å². The molecular weight excluding hydrogens is 347 g/mol. The molecule has 0 saturated heterocycles. The maximum Gasteiger partial charge on any atom is 0.275 e. The van der Waals surface area contributed by atoms with Crippen LogP contribution in [0.1, 0.15) is 37.2 Å². The van der Waals surface area contributed by atoms with Crippen molar-refractivity contribution in [2.24, 2.45) is 0 Å². The molecule has 0 fully saturated rings. The van der Waals surface area contributed by atoms with Gasteiger partial charge in [-0.2, -0.15) is 0 Å². The maximum absolute atomic E-state index is 12.3. The summed E-state index contributed by atoms with van der Waals surface area (Å²) in [6, 6.07) is 4.85. The smallest absolute Gasteiger partial charge is 0.275 e. The number of nitrogens with zero attached hydrogens (tertiary/aromatic N) is 3. The third-order valence-electron chi connectivity index (χ3n) is 3.30. The van der Waals surface area contributed by atoms with E-state index in [0.29, 0.717) is 15.7 Å². The zero-order valence-corrected chi connectivity index (χ0v) is 15.2. The number of carbonyl (C=O) groups is 1. The van der Waals surface area contributed by atoms with Gasteiger partial charge in [-0.25, -0.2) is 9.97 Å². The van der Waals surface area contributed by atoms with Gasteiger partial charge < -0.3 is 10.2 Å². The van der Waals surface area contributed by atoms with Crippen LogP contribution >= 0.6 is 23.2 Å². The predicted octanol–water partition coefficient (Wildman–Crippen LogP) is 4.66. The van der Waals surface area contributed by atoms with Crippen LogP contribution in [0.25, 0.3) is 0 Å². The van der Waals surface area contributed by atoms with E-state index in [1.165, 1.54) is 6.20 Å². The average Bonchev–Trinajstić information content (AvgIpc) is 2.54. The molecule has 1 heterocycles. The van der Waals surface area contributed by atoms with Crippen LogP contribution in [-0.2, 0) is 0 Å². The van der Waals surface area contributed by atoms with Crippen molar-refractivity contribution in [3.05, 3.63) is 46.3 Å². The minimum absolute atomic E-state index is 0.239. The Morgan fingerprint density at radius 1 is 1.04 bits per heavy atom. The number of halogens is 2. The second-order valence-corrected chi connectivity index (χ2v) is 6.23. The summed E-state index contributed by atoms with van der Waals surface area (Å²) in [6.07, 6.45) is 5.17. The molecule has 128 valence electrons. The molecule has 1 N–H and O–H groups in total. The van der Waals surface area contributed by atoms with Gasteiger partial charge >= 0.3 is 0 Å². The molecule has 0 bridgehead atoms. The minimum Gasteiger partial charge on any atom is -0.355 e. The van der Waals surface area contributed by atoms with Crippen molar-refractivity contribution in [3.8, 4) is 0 Å². The first-order chi connectivity index (χ1) is 11.5. The number of hydrogen-bond donors (Lipinski definition) is 1. The lowest BCUT2D eigenvalue weighted by Crippen LogP contribution is -2.26. The zero-order chi connectivity index (χ0) is 17.5. The van der Waals surface area contributed by atoms with Gasteiger partial charge in [0.15, 0.2) is 0 Å². The summed E-state index contributed by atoms with van der Waals surface area (Å²) >= 11 is 11.9. The van der Waals surface area contributed by atoms with Crippen molar-refractivity contribution in [2.75, 3.05) is 23.3 Å². The third kappa shape index (κ3) is 5.08. The molecule has 2 aromatic rings. The van der Waals surface area contributed by atoms with E-state index in [1.54, 1.807) is 24.4 Å². The fourth-order valence-electron chi connectivity index (χ4n) is 2.30. The lowest BCUT2D eigenvalue weighted by molar-refractivity contribution is 0.102. The normalized spacial score (nSPS) is 10.5. The Morgan fingerprint density at radius 2 is 1.67 bits per heavy atom. The lowest BCUT2D eigenvalue weighted by atomic mass is 10.3. The maximum atomic E-state index is 12.3. The molecule has 5 nitrogen and oxygen atoms in total. The molecule has 0 spiro atoms. The van der Waals surface area contributed by atoms with Gasteiger partial charge in [0.1, 0.15) is 11.5 Å². The molecule has 0 aliphatic carbocycles. The summed E-state index contributed by atoms with van der Waals surface area (Å²) in [5.74, 6) is 0.422. The topological polar surface area (TPSA) is 58.1 Å².